The van der Waals surface area contributed by atoms with Crippen molar-refractivity contribution in [2.75, 3.05) is 15.9 Å². The summed E-state index contributed by atoms with van der Waals surface area (Å²) in [6.45, 7) is 0.0368. The van der Waals surface area contributed by atoms with Crippen LogP contribution in [0.5, 0.6) is 0 Å². The zero-order chi connectivity index (χ0) is 21.9. The Labute approximate surface area is 190 Å². The smallest absolute Gasteiger partial charge is 0.255 e. The highest BCUT2D eigenvalue weighted by atomic mass is 35.5. The molecule has 156 valence electrons. The van der Waals surface area contributed by atoms with Crippen LogP contribution in [0, 0.1) is 0 Å². The molecule has 9 heteroatoms. The molecule has 3 aromatic carbocycles. The first kappa shape index (κ1) is 22.4. The van der Waals surface area contributed by atoms with E-state index in [-0.39, 0.29) is 28.2 Å². The number of rotatable bonds is 6. The molecular formula is C21H17Cl3N2O3S. The average molecular weight is 484 g/mol. The molecule has 3 aromatic rings. The molecule has 30 heavy (non-hydrogen) atoms. The van der Waals surface area contributed by atoms with Crippen LogP contribution < -0.4 is 9.62 Å². The van der Waals surface area contributed by atoms with E-state index in [1.807, 2.05) is 0 Å². The van der Waals surface area contributed by atoms with E-state index in [0.29, 0.717) is 21.8 Å². The maximum absolute atomic E-state index is 12.4. The van der Waals surface area contributed by atoms with Crippen LogP contribution in [0.1, 0.15) is 15.9 Å². The van der Waals surface area contributed by atoms with Crippen molar-refractivity contribution >= 4 is 62.1 Å². The highest BCUT2D eigenvalue weighted by Crippen LogP contribution is 2.34. The third-order valence-corrected chi connectivity index (χ3v) is 6.40. The minimum atomic E-state index is -3.63. The van der Waals surface area contributed by atoms with Crippen LogP contribution in [-0.2, 0) is 16.6 Å². The number of halogens is 3. The molecule has 1 amide bonds. The Morgan fingerprint density at radius 2 is 1.63 bits per heavy atom. The topological polar surface area (TPSA) is 66.5 Å². The summed E-state index contributed by atoms with van der Waals surface area (Å²) in [5.41, 5.74) is 1.96. The molecule has 0 radical (unpaired) electrons. The van der Waals surface area contributed by atoms with Gasteiger partial charge in [0, 0.05) is 16.3 Å². The van der Waals surface area contributed by atoms with Crippen LogP contribution in [0.2, 0.25) is 15.1 Å². The van der Waals surface area contributed by atoms with Crippen molar-refractivity contribution in [3.8, 4) is 0 Å². The lowest BCUT2D eigenvalue weighted by atomic mass is 10.1. The second-order valence-corrected chi connectivity index (χ2v) is 9.63. The molecule has 0 saturated heterocycles. The first-order valence-corrected chi connectivity index (χ1v) is 11.7. The van der Waals surface area contributed by atoms with E-state index in [9.17, 15) is 13.2 Å². The number of sulfonamides is 1. The summed E-state index contributed by atoms with van der Waals surface area (Å²) in [5.74, 6) is -0.304. The quantitative estimate of drug-likeness (QED) is 0.477. The fraction of sp³-hybridized carbons (Fsp3) is 0.0952. The van der Waals surface area contributed by atoms with Crippen molar-refractivity contribution in [1.29, 1.82) is 0 Å². The Morgan fingerprint density at radius 3 is 2.27 bits per heavy atom. The van der Waals surface area contributed by atoms with Crippen molar-refractivity contribution in [2.24, 2.45) is 0 Å². The van der Waals surface area contributed by atoms with Gasteiger partial charge in [0.05, 0.1) is 28.5 Å². The van der Waals surface area contributed by atoms with Gasteiger partial charge >= 0.3 is 0 Å². The number of hydrogen-bond donors (Lipinski definition) is 1. The molecule has 0 aliphatic heterocycles. The van der Waals surface area contributed by atoms with Gasteiger partial charge in [-0.2, -0.15) is 0 Å². The summed E-state index contributed by atoms with van der Waals surface area (Å²) in [7, 11) is -3.63. The van der Waals surface area contributed by atoms with Gasteiger partial charge < -0.3 is 5.32 Å². The molecular weight excluding hydrogens is 467 g/mol. The summed E-state index contributed by atoms with van der Waals surface area (Å²) < 4.78 is 25.9. The summed E-state index contributed by atoms with van der Waals surface area (Å²) in [6.07, 6.45) is 1.09. The molecule has 0 heterocycles. The molecule has 0 spiro atoms. The summed E-state index contributed by atoms with van der Waals surface area (Å²) >= 11 is 18.2. The number of nitrogens with one attached hydrogen (secondary N) is 1. The largest absolute Gasteiger partial charge is 0.322 e. The molecule has 5 nitrogen and oxygen atoms in total. The number of anilines is 2. The van der Waals surface area contributed by atoms with Gasteiger partial charge in [-0.05, 0) is 48.0 Å². The summed E-state index contributed by atoms with van der Waals surface area (Å²) in [5, 5.41) is 3.69. The average Bonchev–Trinajstić information content (AvgIpc) is 2.68. The lowest BCUT2D eigenvalue weighted by Crippen LogP contribution is -2.29. The van der Waals surface area contributed by atoms with Crippen LogP contribution in [0.4, 0.5) is 11.4 Å². The maximum Gasteiger partial charge on any atom is 0.255 e. The van der Waals surface area contributed by atoms with Crippen LogP contribution in [-0.4, -0.2) is 20.6 Å². The molecule has 0 fully saturated rings. The molecule has 3 rings (SSSR count). The minimum absolute atomic E-state index is 0.0368. The normalized spacial score (nSPS) is 11.2. The predicted octanol–water partition coefficient (Wildman–Crippen LogP) is 5.87. The van der Waals surface area contributed by atoms with E-state index in [1.165, 1.54) is 4.31 Å². The molecule has 0 aliphatic carbocycles. The minimum Gasteiger partial charge on any atom is -0.322 e. The molecule has 0 aliphatic rings. The fourth-order valence-corrected chi connectivity index (χ4v) is 4.29. The summed E-state index contributed by atoms with van der Waals surface area (Å²) in [6, 6.07) is 18.2. The monoisotopic (exact) mass is 482 g/mol. The van der Waals surface area contributed by atoms with Crippen LogP contribution in [0.3, 0.4) is 0 Å². The standard InChI is InChI=1S/C21H17Cl3N2O3S/c1-30(28,29)26(19-7-3-6-18(23)20(19)24)13-14-8-10-15(11-9-14)21(27)25-17-5-2-4-16(22)12-17/h2-12H,13H2,1H3,(H,25,27). The number of benzene rings is 3. The number of amides is 1. The molecule has 0 bridgehead atoms. The Morgan fingerprint density at radius 1 is 0.967 bits per heavy atom. The van der Waals surface area contributed by atoms with Crippen molar-refractivity contribution < 1.29 is 13.2 Å². The van der Waals surface area contributed by atoms with Gasteiger partial charge in [-0.15, -0.1) is 0 Å². The maximum atomic E-state index is 12.4. The van der Waals surface area contributed by atoms with Crippen molar-refractivity contribution in [2.45, 2.75) is 6.54 Å². The first-order valence-electron chi connectivity index (χ1n) is 8.73. The van der Waals surface area contributed by atoms with E-state index < -0.39 is 10.0 Å². The van der Waals surface area contributed by atoms with Gasteiger partial charge in [0.25, 0.3) is 5.91 Å². The third kappa shape index (κ3) is 5.46. The zero-order valence-electron chi connectivity index (χ0n) is 15.8. The fourth-order valence-electron chi connectivity index (χ4n) is 2.76. The molecule has 0 unspecified atom stereocenters. The molecule has 0 atom stereocenters. The molecule has 0 saturated carbocycles. The van der Waals surface area contributed by atoms with Crippen LogP contribution in [0.15, 0.2) is 66.7 Å². The van der Waals surface area contributed by atoms with Gasteiger partial charge in [-0.3, -0.25) is 9.10 Å². The number of carbonyl (C=O) groups excluding carboxylic acids is 1. The van der Waals surface area contributed by atoms with Crippen LogP contribution >= 0.6 is 34.8 Å². The van der Waals surface area contributed by atoms with Crippen molar-refractivity contribution in [1.82, 2.24) is 0 Å². The third-order valence-electron chi connectivity index (χ3n) is 4.23. The Balaban J connectivity index is 1.80. The van der Waals surface area contributed by atoms with Crippen molar-refractivity contribution in [3.05, 3.63) is 92.9 Å². The van der Waals surface area contributed by atoms with E-state index in [4.69, 9.17) is 34.8 Å². The Hall–Kier alpha value is -2.25. The number of hydrogen-bond acceptors (Lipinski definition) is 3. The van der Waals surface area contributed by atoms with Gasteiger partial charge in [0.15, 0.2) is 0 Å². The van der Waals surface area contributed by atoms with Crippen molar-refractivity contribution in [3.63, 3.8) is 0 Å². The van der Waals surface area contributed by atoms with Gasteiger partial charge in [0.1, 0.15) is 0 Å². The van der Waals surface area contributed by atoms with Crippen LogP contribution in [0.25, 0.3) is 0 Å². The van der Waals surface area contributed by atoms with Gasteiger partial charge in [-0.25, -0.2) is 8.42 Å². The number of nitrogens with zero attached hydrogens (tertiary/aromatic N) is 1. The highest BCUT2D eigenvalue weighted by Gasteiger charge is 2.21. The van der Waals surface area contributed by atoms with E-state index in [1.54, 1.807) is 66.7 Å². The predicted molar refractivity (Wildman–Crippen MR) is 123 cm³/mol. The van der Waals surface area contributed by atoms with Gasteiger partial charge in [0.2, 0.25) is 10.0 Å². The SMILES string of the molecule is CS(=O)(=O)N(Cc1ccc(C(=O)Nc2cccc(Cl)c2)cc1)c1cccc(Cl)c1Cl. The molecule has 1 N–H and O–H groups in total. The van der Waals surface area contributed by atoms with E-state index >= 15 is 0 Å². The highest BCUT2D eigenvalue weighted by molar-refractivity contribution is 7.92. The Kier molecular flexibility index (Phi) is 6.93. The zero-order valence-corrected chi connectivity index (χ0v) is 18.9. The lowest BCUT2D eigenvalue weighted by Gasteiger charge is -2.24. The number of carbonyl (C=O) groups is 1. The Bertz CT molecular complexity index is 1180. The van der Waals surface area contributed by atoms with Gasteiger partial charge in [-0.1, -0.05) is 59.1 Å². The lowest BCUT2D eigenvalue weighted by molar-refractivity contribution is 0.102. The second-order valence-electron chi connectivity index (χ2n) is 6.50. The second kappa shape index (κ2) is 9.27. The summed E-state index contributed by atoms with van der Waals surface area (Å²) in [4.78, 5) is 12.4. The van der Waals surface area contributed by atoms with E-state index in [0.717, 1.165) is 6.26 Å². The first-order chi connectivity index (χ1) is 14.1. The molecule has 0 aromatic heterocycles. The van der Waals surface area contributed by atoms with E-state index in [2.05, 4.69) is 5.32 Å².